The predicted molar refractivity (Wildman–Crippen MR) is 119 cm³/mol. The largest absolute Gasteiger partial charge is 0.465 e. The minimum atomic E-state index is -0.677. The van der Waals surface area contributed by atoms with Gasteiger partial charge in [0.1, 0.15) is 10.8 Å². The van der Waals surface area contributed by atoms with E-state index in [1.165, 1.54) is 18.9 Å². The normalized spacial score (nSPS) is 10.7. The SMILES string of the molecule is COC(=O)c1c(NC(=O)CSc2nnc(C)n2-c2ccc(C)cc2)sc(C(N)=O)c1C. The van der Waals surface area contributed by atoms with Crippen LogP contribution in [-0.2, 0) is 9.53 Å². The molecule has 0 atom stereocenters. The average Bonchev–Trinajstić information content (AvgIpc) is 3.26. The van der Waals surface area contributed by atoms with Crippen LogP contribution in [0.3, 0.4) is 0 Å². The number of nitrogens with two attached hydrogens (primary N) is 1. The fourth-order valence-electron chi connectivity index (χ4n) is 2.90. The maximum Gasteiger partial charge on any atom is 0.341 e. The number of nitrogens with zero attached hydrogens (tertiary/aromatic N) is 3. The summed E-state index contributed by atoms with van der Waals surface area (Å²) in [5.74, 6) is -0.987. The van der Waals surface area contributed by atoms with Gasteiger partial charge in [0, 0.05) is 5.69 Å². The van der Waals surface area contributed by atoms with Crippen molar-refractivity contribution in [1.82, 2.24) is 14.8 Å². The van der Waals surface area contributed by atoms with Crippen LogP contribution in [-0.4, -0.2) is 45.4 Å². The summed E-state index contributed by atoms with van der Waals surface area (Å²) < 4.78 is 6.63. The highest BCUT2D eigenvalue weighted by atomic mass is 32.2. The van der Waals surface area contributed by atoms with Crippen molar-refractivity contribution in [2.45, 2.75) is 25.9 Å². The van der Waals surface area contributed by atoms with Crippen molar-refractivity contribution in [3.8, 4) is 5.69 Å². The van der Waals surface area contributed by atoms with Gasteiger partial charge in [0.25, 0.3) is 5.91 Å². The van der Waals surface area contributed by atoms with E-state index < -0.39 is 11.9 Å². The fourth-order valence-corrected chi connectivity index (χ4v) is 4.77. The van der Waals surface area contributed by atoms with E-state index in [1.807, 2.05) is 42.7 Å². The molecule has 3 N–H and O–H groups in total. The van der Waals surface area contributed by atoms with Crippen LogP contribution in [0.15, 0.2) is 29.4 Å². The summed E-state index contributed by atoms with van der Waals surface area (Å²) in [6, 6.07) is 7.88. The van der Waals surface area contributed by atoms with Crippen LogP contribution in [0.2, 0.25) is 0 Å². The highest BCUT2D eigenvalue weighted by Gasteiger charge is 2.25. The molecule has 3 rings (SSSR count). The number of anilines is 1. The Bertz CT molecular complexity index is 1150. The second kappa shape index (κ2) is 9.31. The number of carbonyl (C=O) groups is 3. The number of amides is 2. The van der Waals surface area contributed by atoms with Gasteiger partial charge in [-0.3, -0.25) is 14.2 Å². The Labute approximate surface area is 187 Å². The average molecular weight is 460 g/mol. The minimum Gasteiger partial charge on any atom is -0.465 e. The standard InChI is InChI=1S/C20H21N5O4S2/c1-10-5-7-13(8-6-10)25-12(3)23-24-20(25)30-9-14(26)22-18-15(19(28)29-4)11(2)16(31-18)17(21)27/h5-8H,9H2,1-4H3,(H2,21,27)(H,22,26). The zero-order valence-corrected chi connectivity index (χ0v) is 19.0. The Morgan fingerprint density at radius 3 is 2.45 bits per heavy atom. The lowest BCUT2D eigenvalue weighted by Crippen LogP contribution is -2.16. The second-order valence-corrected chi connectivity index (χ2v) is 8.62. The molecule has 0 saturated heterocycles. The molecule has 0 saturated carbocycles. The first-order valence-electron chi connectivity index (χ1n) is 9.16. The number of rotatable bonds is 7. The van der Waals surface area contributed by atoms with Crippen LogP contribution in [0, 0.1) is 20.8 Å². The summed E-state index contributed by atoms with van der Waals surface area (Å²) in [6.45, 7) is 5.42. The van der Waals surface area contributed by atoms with Crippen molar-refractivity contribution in [1.29, 1.82) is 0 Å². The number of aryl methyl sites for hydroxylation is 2. The van der Waals surface area contributed by atoms with Gasteiger partial charge in [0.2, 0.25) is 5.91 Å². The van der Waals surface area contributed by atoms with Crippen LogP contribution < -0.4 is 11.1 Å². The lowest BCUT2D eigenvalue weighted by Gasteiger charge is -2.09. The summed E-state index contributed by atoms with van der Waals surface area (Å²) in [4.78, 5) is 36.6. The van der Waals surface area contributed by atoms with Crippen LogP contribution >= 0.6 is 23.1 Å². The summed E-state index contributed by atoms with van der Waals surface area (Å²) in [6.07, 6.45) is 0. The van der Waals surface area contributed by atoms with Gasteiger partial charge in [0.05, 0.1) is 23.3 Å². The molecule has 31 heavy (non-hydrogen) atoms. The van der Waals surface area contributed by atoms with Crippen molar-refractivity contribution in [2.24, 2.45) is 5.73 Å². The predicted octanol–water partition coefficient (Wildman–Crippen LogP) is 2.87. The third-order valence-corrected chi connectivity index (χ3v) is 6.58. The molecule has 2 aromatic heterocycles. The van der Waals surface area contributed by atoms with E-state index in [4.69, 9.17) is 10.5 Å². The van der Waals surface area contributed by atoms with E-state index in [9.17, 15) is 14.4 Å². The first-order chi connectivity index (χ1) is 14.7. The molecule has 1 aromatic carbocycles. The Morgan fingerprint density at radius 1 is 1.16 bits per heavy atom. The molecule has 0 spiro atoms. The number of benzene rings is 1. The molecule has 0 aliphatic rings. The van der Waals surface area contributed by atoms with E-state index >= 15 is 0 Å². The molecule has 11 heteroatoms. The van der Waals surface area contributed by atoms with E-state index in [0.29, 0.717) is 16.5 Å². The number of esters is 1. The smallest absolute Gasteiger partial charge is 0.341 e. The lowest BCUT2D eigenvalue weighted by molar-refractivity contribution is -0.113. The maximum absolute atomic E-state index is 12.6. The number of thioether (sulfide) groups is 1. The van der Waals surface area contributed by atoms with Gasteiger partial charge in [0.15, 0.2) is 5.16 Å². The lowest BCUT2D eigenvalue weighted by atomic mass is 10.1. The van der Waals surface area contributed by atoms with E-state index in [1.54, 1.807) is 6.92 Å². The van der Waals surface area contributed by atoms with Gasteiger partial charge in [-0.05, 0) is 38.5 Å². The molecule has 2 heterocycles. The van der Waals surface area contributed by atoms with Crippen molar-refractivity contribution < 1.29 is 19.1 Å². The van der Waals surface area contributed by atoms with Gasteiger partial charge in [-0.15, -0.1) is 21.5 Å². The zero-order chi connectivity index (χ0) is 22.7. The van der Waals surface area contributed by atoms with Gasteiger partial charge in [-0.2, -0.15) is 0 Å². The first kappa shape index (κ1) is 22.5. The van der Waals surface area contributed by atoms with Gasteiger partial charge < -0.3 is 15.8 Å². The molecular weight excluding hydrogens is 438 g/mol. The number of hydrogen-bond acceptors (Lipinski definition) is 8. The first-order valence-corrected chi connectivity index (χ1v) is 11.0. The Morgan fingerprint density at radius 2 is 1.84 bits per heavy atom. The van der Waals surface area contributed by atoms with Crippen molar-refractivity contribution in [3.63, 3.8) is 0 Å². The Hall–Kier alpha value is -3.18. The molecule has 9 nitrogen and oxygen atoms in total. The number of hydrogen-bond donors (Lipinski definition) is 2. The highest BCUT2D eigenvalue weighted by molar-refractivity contribution is 7.99. The second-order valence-electron chi connectivity index (χ2n) is 6.65. The van der Waals surface area contributed by atoms with E-state index in [0.717, 1.165) is 22.6 Å². The van der Waals surface area contributed by atoms with Crippen LogP contribution in [0.4, 0.5) is 5.00 Å². The third-order valence-electron chi connectivity index (χ3n) is 4.43. The molecule has 0 bridgehead atoms. The third kappa shape index (κ3) is 4.78. The topological polar surface area (TPSA) is 129 Å². The van der Waals surface area contributed by atoms with E-state index in [2.05, 4.69) is 15.5 Å². The number of carbonyl (C=O) groups excluding carboxylic acids is 3. The van der Waals surface area contributed by atoms with Crippen molar-refractivity contribution >= 4 is 45.9 Å². The molecule has 0 fully saturated rings. The number of nitrogens with one attached hydrogen (secondary N) is 1. The van der Waals surface area contributed by atoms with Gasteiger partial charge in [-0.1, -0.05) is 29.5 Å². The van der Waals surface area contributed by atoms with Gasteiger partial charge in [-0.25, -0.2) is 4.79 Å². The van der Waals surface area contributed by atoms with Crippen LogP contribution in [0.25, 0.3) is 5.69 Å². The fraction of sp³-hybridized carbons (Fsp3) is 0.250. The molecule has 0 aliphatic carbocycles. The molecule has 0 radical (unpaired) electrons. The van der Waals surface area contributed by atoms with Crippen molar-refractivity contribution in [2.75, 3.05) is 18.2 Å². The number of primary amides is 1. The summed E-state index contributed by atoms with van der Waals surface area (Å²) >= 11 is 2.15. The van der Waals surface area contributed by atoms with E-state index in [-0.39, 0.29) is 27.1 Å². The van der Waals surface area contributed by atoms with Gasteiger partial charge >= 0.3 is 5.97 Å². The Kier molecular flexibility index (Phi) is 6.76. The number of aromatic nitrogens is 3. The van der Waals surface area contributed by atoms with Crippen molar-refractivity contribution in [3.05, 3.63) is 51.7 Å². The number of ether oxygens (including phenoxy) is 1. The minimum absolute atomic E-state index is 0.0213. The molecular formula is C20H21N5O4S2. The maximum atomic E-state index is 12.6. The van der Waals surface area contributed by atoms with Crippen LogP contribution in [0.5, 0.6) is 0 Å². The summed E-state index contributed by atoms with van der Waals surface area (Å²) in [5.41, 5.74) is 7.90. The zero-order valence-electron chi connectivity index (χ0n) is 17.4. The number of thiophene rings is 1. The quantitative estimate of drug-likeness (QED) is 0.410. The van der Waals surface area contributed by atoms with Crippen LogP contribution in [0.1, 0.15) is 37.0 Å². The highest BCUT2D eigenvalue weighted by Crippen LogP contribution is 2.33. The molecule has 2 amide bonds. The summed E-state index contributed by atoms with van der Waals surface area (Å²) in [7, 11) is 1.23. The molecule has 0 aliphatic heterocycles. The number of methoxy groups -OCH3 is 1. The Balaban J connectivity index is 1.78. The molecule has 0 unspecified atom stereocenters. The molecule has 3 aromatic rings. The summed E-state index contributed by atoms with van der Waals surface area (Å²) in [5, 5.41) is 11.7. The monoisotopic (exact) mass is 459 g/mol. The molecule has 162 valence electrons.